The van der Waals surface area contributed by atoms with Crippen molar-refractivity contribution < 1.29 is 4.39 Å². The first-order valence-corrected chi connectivity index (χ1v) is 6.76. The molecule has 6 heteroatoms. The molecule has 0 saturated heterocycles. The molecule has 0 unspecified atom stereocenters. The highest BCUT2D eigenvalue weighted by Crippen LogP contribution is 2.22. The largest absolute Gasteiger partial charge is 0.354 e. The van der Waals surface area contributed by atoms with Crippen molar-refractivity contribution in [2.24, 2.45) is 0 Å². The van der Waals surface area contributed by atoms with Crippen molar-refractivity contribution in [2.45, 2.75) is 6.92 Å². The van der Waals surface area contributed by atoms with Crippen LogP contribution in [0.3, 0.4) is 0 Å². The molecule has 0 aliphatic carbocycles. The standard InChI is InChI=1S/C16H11FN4O/c1-10-3-2-8-20-14(10)18-9-13-15(20)19-16(22)21(13)12-6-4-11(17)5-7-12/h2-9H,1H3. The molecule has 1 aromatic heterocycles. The summed E-state index contributed by atoms with van der Waals surface area (Å²) >= 11 is 0. The smallest absolute Gasteiger partial charge is 0.284 e. The van der Waals surface area contributed by atoms with E-state index in [9.17, 15) is 9.18 Å². The second-order valence-corrected chi connectivity index (χ2v) is 5.06. The molecule has 5 nitrogen and oxygen atoms in total. The summed E-state index contributed by atoms with van der Waals surface area (Å²) in [7, 11) is 0. The maximum Gasteiger partial charge on any atom is 0.354 e. The van der Waals surface area contributed by atoms with Crippen molar-refractivity contribution in [1.82, 2.24) is 18.9 Å². The number of rotatable bonds is 1. The predicted octanol–water partition coefficient (Wildman–Crippen LogP) is 2.43. The Morgan fingerprint density at radius 2 is 1.91 bits per heavy atom. The topological polar surface area (TPSA) is 52.2 Å². The van der Waals surface area contributed by atoms with Crippen LogP contribution < -0.4 is 5.69 Å². The second-order valence-electron chi connectivity index (χ2n) is 5.06. The lowest BCUT2D eigenvalue weighted by Gasteiger charge is -2.10. The maximum absolute atomic E-state index is 13.1. The lowest BCUT2D eigenvalue weighted by Crippen LogP contribution is -2.14. The van der Waals surface area contributed by atoms with Crippen molar-refractivity contribution >= 4 is 5.65 Å². The van der Waals surface area contributed by atoms with Crippen molar-refractivity contribution in [3.05, 3.63) is 70.7 Å². The highest BCUT2D eigenvalue weighted by atomic mass is 19.1. The van der Waals surface area contributed by atoms with Gasteiger partial charge < -0.3 is 0 Å². The molecular weight excluding hydrogens is 283 g/mol. The van der Waals surface area contributed by atoms with Gasteiger partial charge in [-0.3, -0.25) is 8.97 Å². The number of aryl methyl sites for hydroxylation is 1. The summed E-state index contributed by atoms with van der Waals surface area (Å²) in [6, 6.07) is 9.54. The monoisotopic (exact) mass is 294 g/mol. The average molecular weight is 294 g/mol. The number of hydrogen-bond acceptors (Lipinski definition) is 3. The van der Waals surface area contributed by atoms with Gasteiger partial charge in [-0.15, -0.1) is 0 Å². The summed E-state index contributed by atoms with van der Waals surface area (Å²) in [6.07, 6.45) is 3.44. The Hall–Kier alpha value is -3.02. The molecule has 3 heterocycles. The van der Waals surface area contributed by atoms with Crippen molar-refractivity contribution in [2.75, 3.05) is 0 Å². The Labute approximate surface area is 124 Å². The number of fused-ring (bicyclic) bond motifs is 3. The SMILES string of the molecule is Cc1cccn2c3nc(=O)n(-c4ccc(F)cc4)c-3cnc12. The molecule has 2 aromatic rings. The minimum Gasteiger partial charge on any atom is -0.284 e. The van der Waals surface area contributed by atoms with E-state index in [0.29, 0.717) is 17.2 Å². The van der Waals surface area contributed by atoms with Gasteiger partial charge in [-0.05, 0) is 42.8 Å². The van der Waals surface area contributed by atoms with E-state index in [0.717, 1.165) is 11.2 Å². The van der Waals surface area contributed by atoms with E-state index in [4.69, 9.17) is 0 Å². The van der Waals surface area contributed by atoms with Crippen molar-refractivity contribution in [3.8, 4) is 17.2 Å². The molecule has 0 radical (unpaired) electrons. The fraction of sp³-hybridized carbons (Fsp3) is 0.0625. The minimum atomic E-state index is -0.412. The Bertz CT molecular complexity index is 1020. The number of imidazole rings is 1. The molecule has 1 aromatic carbocycles. The van der Waals surface area contributed by atoms with E-state index in [-0.39, 0.29) is 5.82 Å². The van der Waals surface area contributed by atoms with E-state index >= 15 is 0 Å². The van der Waals surface area contributed by atoms with Gasteiger partial charge in [-0.1, -0.05) is 6.07 Å². The van der Waals surface area contributed by atoms with Crippen LogP contribution in [0.15, 0.2) is 53.6 Å². The van der Waals surface area contributed by atoms with Gasteiger partial charge in [0.2, 0.25) is 0 Å². The first-order valence-electron chi connectivity index (χ1n) is 6.76. The Balaban J connectivity index is 2.06. The first-order chi connectivity index (χ1) is 10.6. The van der Waals surface area contributed by atoms with Gasteiger partial charge in [-0.25, -0.2) is 14.2 Å². The third kappa shape index (κ3) is 1.74. The predicted molar refractivity (Wildman–Crippen MR) is 79.9 cm³/mol. The van der Waals surface area contributed by atoms with E-state index in [2.05, 4.69) is 9.97 Å². The van der Waals surface area contributed by atoms with Crippen LogP contribution in [0.2, 0.25) is 0 Å². The number of pyridine rings is 1. The van der Waals surface area contributed by atoms with Crippen LogP contribution in [-0.4, -0.2) is 18.9 Å². The summed E-state index contributed by atoms with van der Waals surface area (Å²) in [5.74, 6) is 0.178. The Morgan fingerprint density at radius 3 is 2.68 bits per heavy atom. The lowest BCUT2D eigenvalue weighted by atomic mass is 10.2. The molecule has 0 spiro atoms. The second kappa shape index (κ2) is 4.49. The van der Waals surface area contributed by atoms with Crippen LogP contribution in [0.1, 0.15) is 5.56 Å². The van der Waals surface area contributed by atoms with Crippen LogP contribution in [0.5, 0.6) is 0 Å². The van der Waals surface area contributed by atoms with Gasteiger partial charge in [0.05, 0.1) is 11.9 Å². The molecule has 2 aliphatic heterocycles. The molecular formula is C16H11FN4O. The van der Waals surface area contributed by atoms with E-state index in [1.807, 2.05) is 25.3 Å². The highest BCUT2D eigenvalue weighted by Gasteiger charge is 2.19. The molecule has 2 aliphatic rings. The average Bonchev–Trinajstić information content (AvgIpc) is 2.85. The Morgan fingerprint density at radius 1 is 1.14 bits per heavy atom. The normalized spacial score (nSPS) is 11.4. The summed E-state index contributed by atoms with van der Waals surface area (Å²) in [5, 5.41) is 0. The van der Waals surface area contributed by atoms with Gasteiger partial charge in [0, 0.05) is 6.20 Å². The minimum absolute atomic E-state index is 0.353. The highest BCUT2D eigenvalue weighted by molar-refractivity contribution is 5.62. The summed E-state index contributed by atoms with van der Waals surface area (Å²) in [4.78, 5) is 20.8. The fourth-order valence-electron chi connectivity index (χ4n) is 2.60. The quantitative estimate of drug-likeness (QED) is 0.542. The zero-order chi connectivity index (χ0) is 15.3. The zero-order valence-corrected chi connectivity index (χ0v) is 11.7. The lowest BCUT2D eigenvalue weighted by molar-refractivity contribution is 0.627. The molecule has 0 atom stereocenters. The van der Waals surface area contributed by atoms with Crippen LogP contribution >= 0.6 is 0 Å². The Kier molecular flexibility index (Phi) is 2.59. The molecule has 0 N–H and O–H groups in total. The van der Waals surface area contributed by atoms with E-state index < -0.39 is 5.69 Å². The van der Waals surface area contributed by atoms with E-state index in [1.165, 1.54) is 16.7 Å². The fourth-order valence-corrected chi connectivity index (χ4v) is 2.60. The molecule has 4 rings (SSSR count). The molecule has 0 bridgehead atoms. The zero-order valence-electron chi connectivity index (χ0n) is 11.7. The molecule has 0 fully saturated rings. The third-order valence-corrected chi connectivity index (χ3v) is 3.65. The molecule has 0 amide bonds. The van der Waals surface area contributed by atoms with Gasteiger partial charge in [0.25, 0.3) is 0 Å². The van der Waals surface area contributed by atoms with Crippen LogP contribution in [-0.2, 0) is 0 Å². The van der Waals surface area contributed by atoms with Crippen LogP contribution in [0, 0.1) is 12.7 Å². The summed E-state index contributed by atoms with van der Waals surface area (Å²) < 4.78 is 16.3. The van der Waals surface area contributed by atoms with Gasteiger partial charge in [0.1, 0.15) is 17.2 Å². The van der Waals surface area contributed by atoms with Crippen LogP contribution in [0.4, 0.5) is 4.39 Å². The summed E-state index contributed by atoms with van der Waals surface area (Å²) in [6.45, 7) is 1.95. The number of halogens is 1. The van der Waals surface area contributed by atoms with Crippen molar-refractivity contribution in [3.63, 3.8) is 0 Å². The molecule has 0 saturated carbocycles. The number of hydrogen-bond donors (Lipinski definition) is 0. The maximum atomic E-state index is 13.1. The first kappa shape index (κ1) is 12.7. The third-order valence-electron chi connectivity index (χ3n) is 3.65. The molecule has 22 heavy (non-hydrogen) atoms. The van der Waals surface area contributed by atoms with Gasteiger partial charge >= 0.3 is 5.69 Å². The number of benzene rings is 1. The number of aromatic nitrogens is 4. The van der Waals surface area contributed by atoms with Crippen LogP contribution in [0.25, 0.3) is 22.9 Å². The van der Waals surface area contributed by atoms with E-state index in [1.54, 1.807) is 22.7 Å². The van der Waals surface area contributed by atoms with Gasteiger partial charge in [-0.2, -0.15) is 4.98 Å². The van der Waals surface area contributed by atoms with Gasteiger partial charge in [0.15, 0.2) is 5.82 Å². The summed E-state index contributed by atoms with van der Waals surface area (Å²) in [5.41, 5.74) is 2.47. The number of nitrogens with zero attached hydrogens (tertiary/aromatic N) is 4. The van der Waals surface area contributed by atoms with Crippen molar-refractivity contribution in [1.29, 1.82) is 0 Å². The molecule has 108 valence electrons.